The van der Waals surface area contributed by atoms with Crippen LogP contribution in [-0.2, 0) is 14.3 Å². The Hall–Kier alpha value is -2.82. The van der Waals surface area contributed by atoms with Crippen molar-refractivity contribution in [2.24, 2.45) is 5.92 Å². The number of hydrogen-bond donors (Lipinski definition) is 3. The summed E-state index contributed by atoms with van der Waals surface area (Å²) >= 11 is 2.95. The zero-order chi connectivity index (χ0) is 26.9. The second-order valence-electron chi connectivity index (χ2n) is 9.92. The smallest absolute Gasteiger partial charge is 0.305 e. The van der Waals surface area contributed by atoms with Crippen LogP contribution in [0.3, 0.4) is 0 Å². The van der Waals surface area contributed by atoms with Crippen LogP contribution >= 0.6 is 23.5 Å². The number of methoxy groups -OCH3 is 1. The molecule has 0 aromatic heterocycles. The van der Waals surface area contributed by atoms with Gasteiger partial charge >= 0.3 is 5.97 Å². The molecular weight excluding hydrogens is 524 g/mol. The van der Waals surface area contributed by atoms with Crippen molar-refractivity contribution in [3.8, 4) is 0 Å². The van der Waals surface area contributed by atoms with Gasteiger partial charge in [0.05, 0.1) is 18.4 Å². The molecule has 1 aliphatic carbocycles. The number of hydrogen-bond acceptors (Lipinski definition) is 8. The normalized spacial score (nSPS) is 31.4. The Balaban J connectivity index is 1.49. The van der Waals surface area contributed by atoms with Crippen LogP contribution < -0.4 is 10.6 Å². The van der Waals surface area contributed by atoms with E-state index in [1.54, 1.807) is 54.6 Å². The number of thioether (sulfide) groups is 2. The third kappa shape index (κ3) is 4.42. The summed E-state index contributed by atoms with van der Waals surface area (Å²) in [5, 5.41) is 17.7. The maximum Gasteiger partial charge on any atom is 0.305 e. The minimum Gasteiger partial charge on any atom is -0.469 e. The maximum absolute atomic E-state index is 14.1. The molecule has 0 spiro atoms. The van der Waals surface area contributed by atoms with E-state index in [0.29, 0.717) is 29.7 Å². The number of amides is 2. The van der Waals surface area contributed by atoms with Gasteiger partial charge in [-0.15, -0.1) is 11.8 Å². The Bertz CT molecular complexity index is 1230. The molecule has 0 unspecified atom stereocenters. The minimum absolute atomic E-state index is 0.202. The predicted octanol–water partition coefficient (Wildman–Crippen LogP) is 2.46. The average molecular weight is 555 g/mol. The monoisotopic (exact) mass is 554 g/mol. The summed E-state index contributed by atoms with van der Waals surface area (Å²) < 4.78 is 4.77. The van der Waals surface area contributed by atoms with Crippen LogP contribution in [0, 0.1) is 5.92 Å². The van der Waals surface area contributed by atoms with Crippen LogP contribution in [0.4, 0.5) is 0 Å². The number of aliphatic hydroxyl groups is 1. The highest BCUT2D eigenvalue weighted by Crippen LogP contribution is 2.59. The van der Waals surface area contributed by atoms with E-state index in [9.17, 15) is 24.3 Å². The summed E-state index contributed by atoms with van der Waals surface area (Å²) in [6, 6.07) is 16.5. The molecule has 200 valence electrons. The summed E-state index contributed by atoms with van der Waals surface area (Å²) in [6.45, 7) is 0. The van der Waals surface area contributed by atoms with E-state index in [1.807, 2.05) is 6.07 Å². The van der Waals surface area contributed by atoms with Crippen molar-refractivity contribution in [1.82, 2.24) is 10.6 Å². The molecule has 10 heteroatoms. The molecule has 5 rings (SSSR count). The fraction of sp³-hybridized carbons (Fsp3) is 0.429. The Morgan fingerprint density at radius 3 is 2.26 bits per heavy atom. The topological polar surface area (TPSA) is 122 Å². The van der Waals surface area contributed by atoms with Gasteiger partial charge in [-0.05, 0) is 43.0 Å². The fourth-order valence-electron chi connectivity index (χ4n) is 5.96. The van der Waals surface area contributed by atoms with E-state index in [1.165, 1.54) is 30.6 Å². The first-order valence-electron chi connectivity index (χ1n) is 12.6. The SMILES string of the molecule is COC(=O)CCC[C@@H]1[C@@H]2SC[C@@](NC(=O)c3ccccc3)(C2=O)[C@@]2(O)[C@@H](NC(=O)c3ccccc3)CS[C@H]12. The molecule has 2 amide bonds. The molecule has 38 heavy (non-hydrogen) atoms. The standard InChI is InChI=1S/C28H30N2O6S2/c1-36-21(31)14-8-13-19-22-23(32)27(16-38-22,30-26(34)18-11-6-3-7-12-18)28(35)20(15-37-24(19)28)29-25(33)17-9-4-2-5-10-17/h2-7,9-12,19-20,22,24,35H,8,13-16H2,1H3,(H,29,33)(H,30,34)/t19-,20+,22+,24-,27-,28-/m1/s1. The second kappa shape index (κ2) is 10.7. The molecule has 2 aromatic carbocycles. The van der Waals surface area contributed by atoms with Crippen LogP contribution in [0.5, 0.6) is 0 Å². The highest BCUT2D eigenvalue weighted by Gasteiger charge is 2.75. The first kappa shape index (κ1) is 26.8. The van der Waals surface area contributed by atoms with E-state index in [-0.39, 0.29) is 35.8 Å². The zero-order valence-corrected chi connectivity index (χ0v) is 22.6. The molecule has 3 fully saturated rings. The molecule has 2 bridgehead atoms. The molecule has 2 aliphatic heterocycles. The minimum atomic E-state index is -1.72. The molecular formula is C28H30N2O6S2. The Morgan fingerprint density at radius 2 is 1.63 bits per heavy atom. The van der Waals surface area contributed by atoms with Gasteiger partial charge < -0.3 is 20.5 Å². The van der Waals surface area contributed by atoms with Gasteiger partial charge in [0.2, 0.25) is 0 Å². The van der Waals surface area contributed by atoms with Crippen LogP contribution in [0.25, 0.3) is 0 Å². The number of fused-ring (bicyclic) bond motifs is 4. The summed E-state index contributed by atoms with van der Waals surface area (Å²) in [5.74, 6) is -0.976. The van der Waals surface area contributed by atoms with Gasteiger partial charge in [0.15, 0.2) is 5.78 Å². The van der Waals surface area contributed by atoms with Gasteiger partial charge in [-0.2, -0.15) is 11.8 Å². The van der Waals surface area contributed by atoms with Crippen LogP contribution in [0.15, 0.2) is 60.7 Å². The Labute approximate surface area is 229 Å². The molecule has 8 nitrogen and oxygen atoms in total. The van der Waals surface area contributed by atoms with E-state index in [2.05, 4.69) is 10.6 Å². The molecule has 2 aromatic rings. The third-order valence-corrected chi connectivity index (χ3v) is 11.0. The lowest BCUT2D eigenvalue weighted by Gasteiger charge is -2.52. The number of carbonyl (C=O) groups excluding carboxylic acids is 4. The number of Topliss-reactive ketones (excluding diaryl/α,β-unsaturated/α-hetero) is 1. The summed E-state index contributed by atoms with van der Waals surface area (Å²) in [7, 11) is 1.34. The fourth-order valence-corrected chi connectivity index (χ4v) is 9.72. The van der Waals surface area contributed by atoms with Crippen molar-refractivity contribution in [3.63, 3.8) is 0 Å². The van der Waals surface area contributed by atoms with Crippen molar-refractivity contribution in [1.29, 1.82) is 0 Å². The summed E-state index contributed by atoms with van der Waals surface area (Å²) in [5.41, 5.74) is -2.45. The van der Waals surface area contributed by atoms with Crippen molar-refractivity contribution < 1.29 is 29.0 Å². The molecule has 1 saturated carbocycles. The van der Waals surface area contributed by atoms with E-state index >= 15 is 0 Å². The van der Waals surface area contributed by atoms with E-state index in [4.69, 9.17) is 4.74 Å². The molecule has 2 saturated heterocycles. The van der Waals surface area contributed by atoms with Gasteiger partial charge in [0.25, 0.3) is 11.8 Å². The van der Waals surface area contributed by atoms with E-state index in [0.717, 1.165) is 0 Å². The Morgan fingerprint density at radius 1 is 1.00 bits per heavy atom. The van der Waals surface area contributed by atoms with Gasteiger partial charge in [-0.25, -0.2) is 0 Å². The van der Waals surface area contributed by atoms with Gasteiger partial charge in [-0.1, -0.05) is 36.4 Å². The lowest BCUT2D eigenvalue weighted by atomic mass is 9.61. The van der Waals surface area contributed by atoms with Crippen molar-refractivity contribution >= 4 is 47.1 Å². The first-order chi connectivity index (χ1) is 18.3. The maximum atomic E-state index is 14.1. The number of ether oxygens (including phenoxy) is 1. The van der Waals surface area contributed by atoms with Gasteiger partial charge in [0, 0.05) is 34.3 Å². The zero-order valence-electron chi connectivity index (χ0n) is 20.9. The van der Waals surface area contributed by atoms with Crippen LogP contribution in [-0.4, -0.2) is 75.0 Å². The van der Waals surface area contributed by atoms with Gasteiger partial charge in [-0.3, -0.25) is 19.2 Å². The second-order valence-corrected chi connectivity index (χ2v) is 12.2. The molecule has 6 atom stereocenters. The molecule has 3 N–H and O–H groups in total. The highest BCUT2D eigenvalue weighted by atomic mass is 32.2. The van der Waals surface area contributed by atoms with Crippen LogP contribution in [0.1, 0.15) is 40.0 Å². The number of rotatable bonds is 8. The van der Waals surface area contributed by atoms with Crippen molar-refractivity contribution in [2.75, 3.05) is 18.6 Å². The highest BCUT2D eigenvalue weighted by molar-refractivity contribution is 8.02. The van der Waals surface area contributed by atoms with E-state index < -0.39 is 33.6 Å². The number of carbonyl (C=O) groups is 4. The van der Waals surface area contributed by atoms with Crippen molar-refractivity contribution in [3.05, 3.63) is 71.8 Å². The number of ketones is 1. The van der Waals surface area contributed by atoms with Crippen molar-refractivity contribution in [2.45, 2.75) is 46.9 Å². The number of benzene rings is 2. The average Bonchev–Trinajstić information content (AvgIpc) is 3.42. The van der Waals surface area contributed by atoms with Gasteiger partial charge in [0.1, 0.15) is 11.1 Å². The number of nitrogens with one attached hydrogen (secondary N) is 2. The third-order valence-electron chi connectivity index (χ3n) is 7.88. The lowest BCUT2D eigenvalue weighted by Crippen LogP contribution is -2.80. The first-order valence-corrected chi connectivity index (χ1v) is 14.7. The molecule has 2 heterocycles. The lowest BCUT2D eigenvalue weighted by molar-refractivity contribution is -0.145. The number of esters is 1. The molecule has 3 aliphatic rings. The Kier molecular flexibility index (Phi) is 7.57. The largest absolute Gasteiger partial charge is 0.469 e. The van der Waals surface area contributed by atoms with Crippen LogP contribution in [0.2, 0.25) is 0 Å². The predicted molar refractivity (Wildman–Crippen MR) is 146 cm³/mol. The quantitative estimate of drug-likeness (QED) is 0.426. The summed E-state index contributed by atoms with van der Waals surface area (Å²) in [6.07, 6.45) is 1.28. The summed E-state index contributed by atoms with van der Waals surface area (Å²) in [4.78, 5) is 52.3. The molecule has 0 radical (unpaired) electrons.